The molecule has 0 aliphatic carbocycles. The molecule has 4 aromatic rings. The third-order valence-corrected chi connectivity index (χ3v) is 11.4. The number of nitrogens with one attached hydrogen (secondary N) is 2. The molecule has 22 nitrogen and oxygen atoms in total. The summed E-state index contributed by atoms with van der Waals surface area (Å²) >= 11 is 2.38. The van der Waals surface area contributed by atoms with Gasteiger partial charge in [0.15, 0.2) is 33.2 Å². The summed E-state index contributed by atoms with van der Waals surface area (Å²) in [4.78, 5) is 68.3. The molecule has 0 unspecified atom stereocenters. The molecule has 2 radical (unpaired) electrons. The number of nitrogens with zero attached hydrogens (tertiary/aromatic N) is 4. The van der Waals surface area contributed by atoms with Gasteiger partial charge in [-0.25, -0.2) is 26.8 Å². The molecule has 2 amide bonds. The Morgan fingerprint density at radius 3 is 1.05 bits per heavy atom. The number of fused-ring (bicyclic) bond motifs is 2. The van der Waals surface area contributed by atoms with Crippen LogP contribution < -0.4 is 10.6 Å². The van der Waals surface area contributed by atoms with E-state index >= 15 is 0 Å². The van der Waals surface area contributed by atoms with Crippen LogP contribution in [-0.4, -0.2) is 116 Å². The number of carbonyl (C=O) groups is 6. The Bertz CT molecular complexity index is 2270. The van der Waals surface area contributed by atoms with Crippen molar-refractivity contribution >= 4 is 100 Å². The summed E-state index contributed by atoms with van der Waals surface area (Å²) in [5.41, 5.74) is -0.474. The van der Waals surface area contributed by atoms with Gasteiger partial charge >= 0.3 is 81.7 Å². The van der Waals surface area contributed by atoms with E-state index in [4.69, 9.17) is 39.6 Å². The molecule has 2 aromatic heterocycles. The van der Waals surface area contributed by atoms with Crippen LogP contribution in [0.15, 0.2) is 92.9 Å². The molecule has 2 aliphatic rings. The maximum Gasteiger partial charge on any atom is 3.00 e. The molecule has 62 heavy (non-hydrogen) atoms. The molecule has 28 heteroatoms. The SMILES string of the molecule is CC(=O)O.CC(=O)O.CC(=O)O.CC(=O)O.CN1C(C(=O)Nc2nccs2)=C(O)c2ccccc2S1(=O)=O.CN1C(C(=O)Nc2nccs2)=C(O)c2ccccc2S1(=O)=O.[Nd+3].[Nd+3]. The Hall–Kier alpha value is -4.20. The second-order valence-corrected chi connectivity index (χ2v) is 16.7. The maximum atomic E-state index is 12.5. The van der Waals surface area contributed by atoms with Gasteiger partial charge in [-0.3, -0.25) is 48.0 Å². The van der Waals surface area contributed by atoms with E-state index in [-0.39, 0.29) is 126 Å². The fourth-order valence-electron chi connectivity index (χ4n) is 4.25. The number of thiazole rings is 2. The third-order valence-electron chi connectivity index (χ3n) is 6.38. The minimum atomic E-state index is -3.89. The smallest absolute Gasteiger partial charge is 0.505 e. The zero-order valence-electron chi connectivity index (χ0n) is 33.1. The third kappa shape index (κ3) is 18.3. The molecule has 0 fully saturated rings. The Kier molecular flexibility index (Phi) is 26.8. The van der Waals surface area contributed by atoms with Crippen LogP contribution >= 0.6 is 22.7 Å². The number of likely N-dealkylation sites (N-methyl/N-ethyl adjacent to an activating group) is 2. The van der Waals surface area contributed by atoms with Crippen molar-refractivity contribution in [3.05, 3.63) is 94.2 Å². The van der Waals surface area contributed by atoms with Crippen molar-refractivity contribution in [3.8, 4) is 0 Å². The average Bonchev–Trinajstić information content (AvgIpc) is 3.85. The van der Waals surface area contributed by atoms with E-state index in [1.807, 2.05) is 0 Å². The first-order chi connectivity index (χ1) is 27.8. The number of rotatable bonds is 4. The number of aliphatic hydroxyl groups is 2. The molecule has 326 valence electrons. The number of carboxylic acid groups (broad SMARTS) is 4. The monoisotopic (exact) mass is 1200 g/mol. The molecule has 8 N–H and O–H groups in total. The minimum absolute atomic E-state index is 0. The van der Waals surface area contributed by atoms with Crippen molar-refractivity contribution in [1.82, 2.24) is 18.6 Å². The number of aliphatic carboxylic acids is 4. The quantitative estimate of drug-likeness (QED) is 0.145. The topological polar surface area (TPSA) is 348 Å². The van der Waals surface area contributed by atoms with E-state index in [0.29, 0.717) is 10.3 Å². The molecule has 4 heterocycles. The Morgan fingerprint density at radius 2 is 0.806 bits per heavy atom. The first-order valence-electron chi connectivity index (χ1n) is 16.0. The fraction of sp³-hybridized carbons (Fsp3) is 0.176. The van der Waals surface area contributed by atoms with Crippen LogP contribution in [0.25, 0.3) is 11.5 Å². The second-order valence-electron chi connectivity index (χ2n) is 11.0. The van der Waals surface area contributed by atoms with E-state index in [0.717, 1.165) is 36.3 Å². The molecule has 2 aliphatic heterocycles. The molecule has 2 aromatic carbocycles. The summed E-state index contributed by atoms with van der Waals surface area (Å²) in [6.45, 7) is 4.33. The van der Waals surface area contributed by atoms with Crippen molar-refractivity contribution in [2.24, 2.45) is 0 Å². The van der Waals surface area contributed by atoms with Crippen molar-refractivity contribution in [2.75, 3.05) is 24.7 Å². The number of amides is 2. The Balaban J connectivity index is 0. The van der Waals surface area contributed by atoms with Crippen LogP contribution in [0, 0.1) is 81.7 Å². The number of carbonyl (C=O) groups excluding carboxylic acids is 2. The van der Waals surface area contributed by atoms with E-state index in [9.17, 15) is 36.6 Å². The molecule has 0 atom stereocenters. The predicted octanol–water partition coefficient (Wildman–Crippen LogP) is 3.65. The van der Waals surface area contributed by atoms with Crippen LogP contribution in [0.4, 0.5) is 10.3 Å². The number of aliphatic hydroxyl groups excluding tert-OH is 2. The van der Waals surface area contributed by atoms with Crippen LogP contribution in [0.2, 0.25) is 0 Å². The van der Waals surface area contributed by atoms with Gasteiger partial charge in [-0.05, 0) is 24.3 Å². The van der Waals surface area contributed by atoms with Crippen LogP contribution in [0.1, 0.15) is 38.8 Å². The number of hydrogen-bond donors (Lipinski definition) is 8. The van der Waals surface area contributed by atoms with E-state index in [1.54, 1.807) is 35.0 Å². The summed E-state index contributed by atoms with van der Waals surface area (Å²) in [6.07, 6.45) is 3.01. The molecule has 0 saturated heterocycles. The molecule has 0 saturated carbocycles. The van der Waals surface area contributed by atoms with Crippen molar-refractivity contribution in [3.63, 3.8) is 0 Å². The zero-order chi connectivity index (χ0) is 46.1. The second kappa shape index (κ2) is 27.8. The van der Waals surface area contributed by atoms with Gasteiger partial charge in [0.25, 0.3) is 55.7 Å². The number of aromatic nitrogens is 2. The van der Waals surface area contributed by atoms with E-state index in [2.05, 4.69) is 20.6 Å². The maximum absolute atomic E-state index is 12.5. The first-order valence-corrected chi connectivity index (χ1v) is 20.7. The molecule has 0 bridgehead atoms. The fourth-order valence-corrected chi connectivity index (χ4v) is 8.09. The van der Waals surface area contributed by atoms with E-state index < -0.39 is 55.7 Å². The molecular weight excluding hydrogens is 1170 g/mol. The van der Waals surface area contributed by atoms with Crippen molar-refractivity contribution in [1.29, 1.82) is 0 Å². The predicted molar refractivity (Wildman–Crippen MR) is 217 cm³/mol. The van der Waals surface area contributed by atoms with Gasteiger partial charge < -0.3 is 30.6 Å². The summed E-state index contributed by atoms with van der Waals surface area (Å²) in [6, 6.07) is 12.0. The van der Waals surface area contributed by atoms with Gasteiger partial charge in [-0.1, -0.05) is 24.3 Å². The number of benzene rings is 2. The van der Waals surface area contributed by atoms with Gasteiger partial charge in [0.05, 0.1) is 9.79 Å². The summed E-state index contributed by atoms with van der Waals surface area (Å²) in [7, 11) is -5.34. The Morgan fingerprint density at radius 1 is 0.548 bits per heavy atom. The number of hydrogen-bond acceptors (Lipinski definition) is 16. The summed E-state index contributed by atoms with van der Waals surface area (Å²) in [5.74, 6) is -5.59. The van der Waals surface area contributed by atoms with Crippen LogP contribution in [0.3, 0.4) is 0 Å². The molecule has 0 spiro atoms. The molecular formula is C34H38N6Nd2O16S4+6. The zero-order valence-corrected chi connectivity index (χ0v) is 42.8. The van der Waals surface area contributed by atoms with Crippen LogP contribution in [0.5, 0.6) is 0 Å². The number of sulfonamides is 2. The normalized spacial score (nSPS) is 13.2. The first kappa shape index (κ1) is 59.9. The van der Waals surface area contributed by atoms with Gasteiger partial charge in [0.1, 0.15) is 0 Å². The van der Waals surface area contributed by atoms with Gasteiger partial charge in [0, 0.05) is 76.1 Å². The van der Waals surface area contributed by atoms with E-state index in [1.165, 1.54) is 73.4 Å². The van der Waals surface area contributed by atoms with Crippen molar-refractivity contribution in [2.45, 2.75) is 37.5 Å². The standard InChI is InChI=1S/2C13H11N3O4S2.4C2H4O2.2Nd/c2*1-16-10(12(18)15-13-14-6-7-21-13)11(17)8-4-2-3-5-9(8)22(16,19)20;4*1-2(3)4;;/h2*2-7,17H,1H3,(H,14,15,18);4*1H3,(H,3,4);;/q;;;;;;2*+3. The summed E-state index contributed by atoms with van der Waals surface area (Å²) in [5, 5.41) is 59.2. The van der Waals surface area contributed by atoms with Gasteiger partial charge in [0.2, 0.25) is 0 Å². The van der Waals surface area contributed by atoms with Gasteiger partial charge in [-0.2, -0.15) is 0 Å². The van der Waals surface area contributed by atoms with Gasteiger partial charge in [-0.15, -0.1) is 22.7 Å². The number of anilines is 2. The van der Waals surface area contributed by atoms with Crippen LogP contribution in [-0.2, 0) is 48.8 Å². The molecule has 6 rings (SSSR count). The Labute approximate surface area is 428 Å². The largest absolute Gasteiger partial charge is 3.00 e. The summed E-state index contributed by atoms with van der Waals surface area (Å²) < 4.78 is 51.4. The van der Waals surface area contributed by atoms with Crippen molar-refractivity contribution < 1.29 is 158 Å². The number of carboxylic acids is 4. The average molecular weight is 1200 g/mol. The minimum Gasteiger partial charge on any atom is -0.505 e.